The van der Waals surface area contributed by atoms with E-state index in [2.05, 4.69) is 10.6 Å². The normalized spacial score (nSPS) is 18.1. The summed E-state index contributed by atoms with van der Waals surface area (Å²) in [6, 6.07) is 0. The largest absolute Gasteiger partial charge is 0.351 e. The molecule has 0 aromatic rings. The second-order valence-electron chi connectivity index (χ2n) is 6.26. The van der Waals surface area contributed by atoms with Crippen LogP contribution < -0.4 is 10.6 Å². The van der Waals surface area contributed by atoms with Crippen molar-refractivity contribution in [3.63, 3.8) is 0 Å². The van der Waals surface area contributed by atoms with Crippen LogP contribution in [0.3, 0.4) is 0 Å². The van der Waals surface area contributed by atoms with Crippen molar-refractivity contribution in [3.8, 4) is 0 Å². The van der Waals surface area contributed by atoms with Crippen molar-refractivity contribution in [1.29, 1.82) is 0 Å². The van der Waals surface area contributed by atoms with Crippen LogP contribution in [0.5, 0.6) is 0 Å². The zero-order valence-corrected chi connectivity index (χ0v) is 11.6. The first-order valence-electron chi connectivity index (χ1n) is 6.99. The average molecular weight is 240 g/mol. The van der Waals surface area contributed by atoms with E-state index in [-0.39, 0.29) is 11.4 Å². The average Bonchev–Trinajstić information content (AvgIpc) is 2.23. The van der Waals surface area contributed by atoms with Gasteiger partial charge in [-0.15, -0.1) is 0 Å². The number of rotatable bonds is 5. The van der Waals surface area contributed by atoms with Crippen LogP contribution in [0.15, 0.2) is 0 Å². The third-order valence-electron chi connectivity index (χ3n) is 3.20. The fourth-order valence-electron chi connectivity index (χ4n) is 2.38. The molecule has 100 valence electrons. The predicted octanol–water partition coefficient (Wildman–Crippen LogP) is 2.46. The Morgan fingerprint density at radius 2 is 1.82 bits per heavy atom. The molecule has 1 aliphatic carbocycles. The number of hydrogen-bond acceptors (Lipinski definition) is 2. The lowest BCUT2D eigenvalue weighted by atomic mass is 9.89. The zero-order chi connectivity index (χ0) is 12.7. The lowest BCUT2D eigenvalue weighted by Crippen LogP contribution is -2.41. The summed E-state index contributed by atoms with van der Waals surface area (Å²) in [5.41, 5.74) is -0.111. The highest BCUT2D eigenvalue weighted by atomic mass is 16.1. The van der Waals surface area contributed by atoms with E-state index in [9.17, 15) is 4.79 Å². The molecule has 0 saturated heterocycles. The first-order chi connectivity index (χ1) is 7.97. The van der Waals surface area contributed by atoms with Gasteiger partial charge >= 0.3 is 0 Å². The highest BCUT2D eigenvalue weighted by Gasteiger charge is 2.14. The molecule has 0 aliphatic heterocycles. The summed E-state index contributed by atoms with van der Waals surface area (Å²) in [4.78, 5) is 11.6. The van der Waals surface area contributed by atoms with Crippen molar-refractivity contribution in [2.45, 2.75) is 64.8 Å². The van der Waals surface area contributed by atoms with E-state index >= 15 is 0 Å². The van der Waals surface area contributed by atoms with Gasteiger partial charge in [-0.2, -0.15) is 0 Å². The fraction of sp³-hybridized carbons (Fsp3) is 0.929. The minimum Gasteiger partial charge on any atom is -0.351 e. The topological polar surface area (TPSA) is 41.1 Å². The van der Waals surface area contributed by atoms with Crippen LogP contribution in [0.25, 0.3) is 0 Å². The molecule has 0 aromatic carbocycles. The van der Waals surface area contributed by atoms with E-state index in [4.69, 9.17) is 0 Å². The summed E-state index contributed by atoms with van der Waals surface area (Å²) in [7, 11) is 0. The molecule has 0 atom stereocenters. The van der Waals surface area contributed by atoms with E-state index in [1.807, 2.05) is 20.8 Å². The summed E-state index contributed by atoms with van der Waals surface area (Å²) in [6.45, 7) is 7.93. The Morgan fingerprint density at radius 1 is 1.18 bits per heavy atom. The van der Waals surface area contributed by atoms with E-state index in [1.165, 1.54) is 32.1 Å². The molecule has 0 radical (unpaired) electrons. The Bertz CT molecular complexity index is 227. The Kier molecular flexibility index (Phi) is 5.96. The lowest BCUT2D eigenvalue weighted by Gasteiger charge is -2.22. The molecular formula is C14H28N2O. The molecule has 0 spiro atoms. The monoisotopic (exact) mass is 240 g/mol. The molecule has 1 fully saturated rings. The summed E-state index contributed by atoms with van der Waals surface area (Å²) >= 11 is 0. The van der Waals surface area contributed by atoms with Crippen molar-refractivity contribution in [2.24, 2.45) is 5.92 Å². The maximum absolute atomic E-state index is 11.6. The molecule has 2 N–H and O–H groups in total. The zero-order valence-electron chi connectivity index (χ0n) is 11.6. The SMILES string of the molecule is CC(C)(C)NC(=O)CCNCC1CCCCC1. The number of amides is 1. The van der Waals surface area contributed by atoms with Gasteiger partial charge in [0.1, 0.15) is 0 Å². The van der Waals surface area contributed by atoms with Crippen LogP contribution >= 0.6 is 0 Å². The molecule has 1 rings (SSSR count). The van der Waals surface area contributed by atoms with Crippen molar-refractivity contribution in [3.05, 3.63) is 0 Å². The molecule has 1 amide bonds. The predicted molar refractivity (Wildman–Crippen MR) is 72.0 cm³/mol. The quantitative estimate of drug-likeness (QED) is 0.725. The fourth-order valence-corrected chi connectivity index (χ4v) is 2.38. The third-order valence-corrected chi connectivity index (χ3v) is 3.20. The number of hydrogen-bond donors (Lipinski definition) is 2. The molecule has 1 aliphatic rings. The Labute approximate surface area is 106 Å². The van der Waals surface area contributed by atoms with Crippen LogP contribution in [0.2, 0.25) is 0 Å². The lowest BCUT2D eigenvalue weighted by molar-refractivity contribution is -0.122. The van der Waals surface area contributed by atoms with Gasteiger partial charge in [0.15, 0.2) is 0 Å². The van der Waals surface area contributed by atoms with Gasteiger partial charge in [-0.05, 0) is 46.1 Å². The van der Waals surface area contributed by atoms with Crippen molar-refractivity contribution in [1.82, 2.24) is 10.6 Å². The van der Waals surface area contributed by atoms with Crippen LogP contribution in [0.4, 0.5) is 0 Å². The van der Waals surface area contributed by atoms with Gasteiger partial charge in [-0.25, -0.2) is 0 Å². The van der Waals surface area contributed by atoms with E-state index < -0.39 is 0 Å². The van der Waals surface area contributed by atoms with Crippen LogP contribution in [-0.4, -0.2) is 24.5 Å². The van der Waals surface area contributed by atoms with E-state index in [0.717, 1.165) is 19.0 Å². The molecule has 1 saturated carbocycles. The highest BCUT2D eigenvalue weighted by Crippen LogP contribution is 2.22. The number of carbonyl (C=O) groups excluding carboxylic acids is 1. The summed E-state index contributed by atoms with van der Waals surface area (Å²) in [6.07, 6.45) is 7.49. The van der Waals surface area contributed by atoms with Crippen molar-refractivity contribution < 1.29 is 4.79 Å². The first-order valence-corrected chi connectivity index (χ1v) is 6.99. The standard InChI is InChI=1S/C14H28N2O/c1-14(2,3)16-13(17)9-10-15-11-12-7-5-4-6-8-12/h12,15H,4-11H2,1-3H3,(H,16,17). The van der Waals surface area contributed by atoms with Gasteiger partial charge in [-0.1, -0.05) is 19.3 Å². The summed E-state index contributed by atoms with van der Waals surface area (Å²) in [5, 5.41) is 6.39. The molecule has 17 heavy (non-hydrogen) atoms. The second-order valence-corrected chi connectivity index (χ2v) is 6.26. The Balaban J connectivity index is 2.01. The number of carbonyl (C=O) groups is 1. The molecule has 0 aromatic heterocycles. The molecular weight excluding hydrogens is 212 g/mol. The Morgan fingerprint density at radius 3 is 2.41 bits per heavy atom. The molecule has 0 unspecified atom stereocenters. The van der Waals surface area contributed by atoms with Gasteiger partial charge in [0.2, 0.25) is 5.91 Å². The highest BCUT2D eigenvalue weighted by molar-refractivity contribution is 5.76. The minimum atomic E-state index is -0.111. The summed E-state index contributed by atoms with van der Waals surface area (Å²) < 4.78 is 0. The maximum atomic E-state index is 11.6. The van der Waals surface area contributed by atoms with Gasteiger partial charge < -0.3 is 10.6 Å². The molecule has 0 bridgehead atoms. The smallest absolute Gasteiger partial charge is 0.221 e. The summed E-state index contributed by atoms with van der Waals surface area (Å²) in [5.74, 6) is 0.989. The Hall–Kier alpha value is -0.570. The molecule has 3 heteroatoms. The van der Waals surface area contributed by atoms with Crippen LogP contribution in [-0.2, 0) is 4.79 Å². The van der Waals surface area contributed by atoms with Crippen molar-refractivity contribution in [2.75, 3.05) is 13.1 Å². The maximum Gasteiger partial charge on any atom is 0.221 e. The molecule has 0 heterocycles. The first kappa shape index (κ1) is 14.5. The van der Waals surface area contributed by atoms with Gasteiger partial charge in [0.25, 0.3) is 0 Å². The third kappa shape index (κ3) is 7.37. The number of nitrogens with one attached hydrogen (secondary N) is 2. The molecule has 3 nitrogen and oxygen atoms in total. The van der Waals surface area contributed by atoms with E-state index in [1.54, 1.807) is 0 Å². The minimum absolute atomic E-state index is 0.111. The van der Waals surface area contributed by atoms with Gasteiger partial charge in [0.05, 0.1) is 0 Å². The van der Waals surface area contributed by atoms with Crippen molar-refractivity contribution >= 4 is 5.91 Å². The van der Waals surface area contributed by atoms with E-state index in [0.29, 0.717) is 6.42 Å². The van der Waals surface area contributed by atoms with Crippen LogP contribution in [0.1, 0.15) is 59.3 Å². The second kappa shape index (κ2) is 7.00. The van der Waals surface area contributed by atoms with Gasteiger partial charge in [-0.3, -0.25) is 4.79 Å². The van der Waals surface area contributed by atoms with Crippen LogP contribution in [0, 0.1) is 5.92 Å². The van der Waals surface area contributed by atoms with Gasteiger partial charge in [0, 0.05) is 18.5 Å².